The van der Waals surface area contributed by atoms with Crippen LogP contribution in [-0.2, 0) is 0 Å². The van der Waals surface area contributed by atoms with Crippen molar-refractivity contribution in [3.8, 4) is 0 Å². The molecule has 96 valence electrons. The Kier molecular flexibility index (Phi) is 3.19. The van der Waals surface area contributed by atoms with Gasteiger partial charge in [-0.3, -0.25) is 14.7 Å². The van der Waals surface area contributed by atoms with E-state index in [0.29, 0.717) is 0 Å². The molecule has 0 atom stereocenters. The molecule has 0 radical (unpaired) electrons. The van der Waals surface area contributed by atoms with Gasteiger partial charge in [-0.25, -0.2) is 0 Å². The predicted molar refractivity (Wildman–Crippen MR) is 79.2 cm³/mol. The van der Waals surface area contributed by atoms with Crippen LogP contribution in [0.4, 0.5) is 5.69 Å². The van der Waals surface area contributed by atoms with Gasteiger partial charge in [-0.2, -0.15) is 0 Å². The van der Waals surface area contributed by atoms with E-state index in [1.54, 1.807) is 6.20 Å². The monoisotopic (exact) mass is 251 g/mol. The minimum atomic E-state index is 0.963. The van der Waals surface area contributed by atoms with Crippen molar-refractivity contribution >= 4 is 16.6 Å². The fourth-order valence-electron chi connectivity index (χ4n) is 2.36. The lowest BCUT2D eigenvalue weighted by molar-refractivity contribution is 0.695. The molecule has 0 aliphatic rings. The highest BCUT2D eigenvalue weighted by Crippen LogP contribution is 2.21. The standard InChI is InChI=1S/C16H17N3/c1-2-11-18(15-7-5-10-17-13-15)19-12-9-14-6-3-4-8-16(14)19/h3-10,12-13H,2,11H2,1H3. The normalized spacial score (nSPS) is 10.8. The summed E-state index contributed by atoms with van der Waals surface area (Å²) in [6, 6.07) is 14.6. The van der Waals surface area contributed by atoms with Gasteiger partial charge >= 0.3 is 0 Å². The maximum atomic E-state index is 4.22. The first kappa shape index (κ1) is 11.8. The van der Waals surface area contributed by atoms with E-state index in [2.05, 4.69) is 64.2 Å². The number of hydrogen-bond donors (Lipinski definition) is 0. The zero-order valence-corrected chi connectivity index (χ0v) is 11.0. The third-order valence-corrected chi connectivity index (χ3v) is 3.22. The van der Waals surface area contributed by atoms with Crippen molar-refractivity contribution in [1.82, 2.24) is 9.66 Å². The summed E-state index contributed by atoms with van der Waals surface area (Å²) >= 11 is 0. The minimum Gasteiger partial charge on any atom is -0.280 e. The molecule has 2 aromatic heterocycles. The average molecular weight is 251 g/mol. The van der Waals surface area contributed by atoms with E-state index in [1.165, 1.54) is 10.9 Å². The Morgan fingerprint density at radius 1 is 1.11 bits per heavy atom. The highest BCUT2D eigenvalue weighted by molar-refractivity contribution is 5.80. The molecule has 2 heterocycles. The molecule has 0 aliphatic heterocycles. The molecule has 0 amide bonds. The molecule has 1 aromatic carbocycles. The molecule has 3 nitrogen and oxygen atoms in total. The van der Waals surface area contributed by atoms with E-state index in [0.717, 1.165) is 18.7 Å². The molecule has 0 bridgehead atoms. The van der Waals surface area contributed by atoms with E-state index in [1.807, 2.05) is 12.3 Å². The molecule has 0 saturated carbocycles. The largest absolute Gasteiger partial charge is 0.280 e. The summed E-state index contributed by atoms with van der Waals surface area (Å²) in [7, 11) is 0. The van der Waals surface area contributed by atoms with Gasteiger partial charge in [0.2, 0.25) is 0 Å². The summed E-state index contributed by atoms with van der Waals surface area (Å²) in [5.74, 6) is 0. The van der Waals surface area contributed by atoms with Crippen LogP contribution in [0.15, 0.2) is 61.1 Å². The highest BCUT2D eigenvalue weighted by atomic mass is 15.5. The van der Waals surface area contributed by atoms with Crippen molar-refractivity contribution in [2.75, 3.05) is 11.6 Å². The van der Waals surface area contributed by atoms with Crippen molar-refractivity contribution in [2.24, 2.45) is 0 Å². The van der Waals surface area contributed by atoms with Crippen molar-refractivity contribution < 1.29 is 0 Å². The van der Waals surface area contributed by atoms with Gasteiger partial charge in [0.25, 0.3) is 0 Å². The number of rotatable bonds is 4. The fraction of sp³-hybridized carbons (Fsp3) is 0.188. The first-order chi connectivity index (χ1) is 9.40. The van der Waals surface area contributed by atoms with Crippen LogP contribution < -0.4 is 5.01 Å². The number of anilines is 1. The molecular weight excluding hydrogens is 234 g/mol. The maximum absolute atomic E-state index is 4.22. The number of aromatic nitrogens is 2. The molecule has 3 aromatic rings. The van der Waals surface area contributed by atoms with Crippen molar-refractivity contribution in [2.45, 2.75) is 13.3 Å². The zero-order chi connectivity index (χ0) is 13.1. The molecule has 3 heteroatoms. The minimum absolute atomic E-state index is 0.963. The molecule has 3 rings (SSSR count). The van der Waals surface area contributed by atoms with Gasteiger partial charge < -0.3 is 0 Å². The third-order valence-electron chi connectivity index (χ3n) is 3.22. The first-order valence-corrected chi connectivity index (χ1v) is 6.64. The number of hydrogen-bond acceptors (Lipinski definition) is 2. The van der Waals surface area contributed by atoms with Gasteiger partial charge in [-0.1, -0.05) is 25.1 Å². The Balaban J connectivity index is 2.10. The summed E-state index contributed by atoms with van der Waals surface area (Å²) in [6.45, 7) is 3.15. The van der Waals surface area contributed by atoms with E-state index in [4.69, 9.17) is 0 Å². The Morgan fingerprint density at radius 3 is 2.79 bits per heavy atom. The van der Waals surface area contributed by atoms with Crippen LogP contribution in [0.1, 0.15) is 13.3 Å². The summed E-state index contributed by atoms with van der Waals surface area (Å²) < 4.78 is 2.20. The lowest BCUT2D eigenvalue weighted by Crippen LogP contribution is -2.29. The number of para-hydroxylation sites is 1. The topological polar surface area (TPSA) is 21.1 Å². The molecule has 19 heavy (non-hydrogen) atoms. The van der Waals surface area contributed by atoms with E-state index >= 15 is 0 Å². The Labute approximate surface area is 113 Å². The Bertz CT molecular complexity index is 658. The first-order valence-electron chi connectivity index (χ1n) is 6.64. The van der Waals surface area contributed by atoms with Crippen LogP contribution in [0.5, 0.6) is 0 Å². The van der Waals surface area contributed by atoms with Crippen LogP contribution >= 0.6 is 0 Å². The second-order valence-electron chi connectivity index (χ2n) is 4.55. The van der Waals surface area contributed by atoms with Crippen LogP contribution in [0.25, 0.3) is 10.9 Å². The summed E-state index contributed by atoms with van der Waals surface area (Å²) in [4.78, 5) is 4.22. The van der Waals surface area contributed by atoms with Crippen LogP contribution in [0.2, 0.25) is 0 Å². The lowest BCUT2D eigenvalue weighted by Gasteiger charge is -2.26. The summed E-state index contributed by atoms with van der Waals surface area (Å²) in [5, 5.41) is 3.52. The van der Waals surface area contributed by atoms with E-state index in [-0.39, 0.29) is 0 Å². The van der Waals surface area contributed by atoms with Crippen LogP contribution in [0.3, 0.4) is 0 Å². The summed E-state index contributed by atoms with van der Waals surface area (Å²) in [5.41, 5.74) is 2.34. The van der Waals surface area contributed by atoms with Gasteiger partial charge in [-0.05, 0) is 30.7 Å². The smallest absolute Gasteiger partial charge is 0.0761 e. The predicted octanol–water partition coefficient (Wildman–Crippen LogP) is 3.72. The van der Waals surface area contributed by atoms with E-state index in [9.17, 15) is 0 Å². The molecule has 0 spiro atoms. The number of nitrogens with zero attached hydrogens (tertiary/aromatic N) is 3. The quantitative estimate of drug-likeness (QED) is 0.704. The fourth-order valence-corrected chi connectivity index (χ4v) is 2.36. The van der Waals surface area contributed by atoms with Gasteiger partial charge in [0.1, 0.15) is 0 Å². The van der Waals surface area contributed by atoms with E-state index < -0.39 is 0 Å². The highest BCUT2D eigenvalue weighted by Gasteiger charge is 2.10. The van der Waals surface area contributed by atoms with Crippen LogP contribution in [0, 0.1) is 0 Å². The molecule has 0 saturated heterocycles. The Hall–Kier alpha value is -2.29. The van der Waals surface area contributed by atoms with Crippen molar-refractivity contribution in [3.63, 3.8) is 0 Å². The van der Waals surface area contributed by atoms with Crippen molar-refractivity contribution in [3.05, 3.63) is 61.1 Å². The molecule has 0 fully saturated rings. The molecule has 0 N–H and O–H groups in total. The Morgan fingerprint density at radius 2 is 2.00 bits per heavy atom. The second-order valence-corrected chi connectivity index (χ2v) is 4.55. The molecule has 0 aliphatic carbocycles. The second kappa shape index (κ2) is 5.14. The molecular formula is C16H17N3. The lowest BCUT2D eigenvalue weighted by atomic mass is 10.2. The summed E-state index contributed by atoms with van der Waals surface area (Å²) in [6.07, 6.45) is 6.92. The van der Waals surface area contributed by atoms with Gasteiger partial charge in [0, 0.05) is 24.3 Å². The third kappa shape index (κ3) is 2.19. The van der Waals surface area contributed by atoms with Gasteiger partial charge in [0.15, 0.2) is 0 Å². The zero-order valence-electron chi connectivity index (χ0n) is 11.0. The SMILES string of the molecule is CCCN(c1cccnc1)n1ccc2ccccc21. The maximum Gasteiger partial charge on any atom is 0.0761 e. The van der Waals surface area contributed by atoms with Gasteiger partial charge in [0.05, 0.1) is 17.4 Å². The van der Waals surface area contributed by atoms with Gasteiger partial charge in [-0.15, -0.1) is 0 Å². The average Bonchev–Trinajstić information content (AvgIpc) is 2.89. The van der Waals surface area contributed by atoms with Crippen LogP contribution in [-0.4, -0.2) is 16.2 Å². The molecule has 0 unspecified atom stereocenters. The number of fused-ring (bicyclic) bond motifs is 1. The number of benzene rings is 1. The number of pyridine rings is 1. The van der Waals surface area contributed by atoms with Crippen molar-refractivity contribution in [1.29, 1.82) is 0 Å².